The van der Waals surface area contributed by atoms with Crippen LogP contribution in [0.2, 0.25) is 0 Å². The first-order valence-corrected chi connectivity index (χ1v) is 7.13. The Kier molecular flexibility index (Phi) is 3.91. The molecule has 0 spiro atoms. The number of carbonyl (C=O) groups is 1. The molecular weight excluding hydrogens is 321 g/mol. The Morgan fingerprint density at radius 3 is 3.07 bits per heavy atom. The summed E-state index contributed by atoms with van der Waals surface area (Å²) in [5.74, 6) is 2.45. The molecule has 1 aliphatic heterocycles. The molecule has 0 radical (unpaired) electrons. The lowest BCUT2D eigenvalue weighted by Gasteiger charge is -2.09. The summed E-state index contributed by atoms with van der Waals surface area (Å²) in [6.45, 7) is 0. The minimum Gasteiger partial charge on any atom is -0.326 e. The van der Waals surface area contributed by atoms with Gasteiger partial charge >= 0.3 is 0 Å². The number of benzene rings is 1. The van der Waals surface area contributed by atoms with Gasteiger partial charge in [0.2, 0.25) is 5.91 Å². The number of carbonyl (C=O) groups excluding carboxylic acids is 1. The van der Waals surface area contributed by atoms with Crippen LogP contribution < -0.4 is 5.32 Å². The molecule has 2 rings (SSSR count). The molecular formula is C11H12INOS. The number of rotatable bonds is 2. The zero-order valence-electron chi connectivity index (χ0n) is 8.20. The molecule has 1 heterocycles. The zero-order chi connectivity index (χ0) is 10.7. The number of hydrogen-bond donors (Lipinski definition) is 1. The van der Waals surface area contributed by atoms with Crippen LogP contribution in [0.5, 0.6) is 0 Å². The average molecular weight is 333 g/mol. The fraction of sp³-hybridized carbons (Fsp3) is 0.364. The minimum absolute atomic E-state index is 0.169. The molecule has 1 aliphatic rings. The van der Waals surface area contributed by atoms with Crippen LogP contribution in [0.25, 0.3) is 0 Å². The van der Waals surface area contributed by atoms with Gasteiger partial charge in [-0.1, -0.05) is 6.07 Å². The second-order valence-corrected chi connectivity index (χ2v) is 5.96. The fourth-order valence-electron chi connectivity index (χ4n) is 1.55. The molecule has 1 unspecified atom stereocenters. The van der Waals surface area contributed by atoms with Gasteiger partial charge in [0, 0.05) is 20.9 Å². The van der Waals surface area contributed by atoms with E-state index in [-0.39, 0.29) is 11.8 Å². The fourth-order valence-corrected chi connectivity index (χ4v) is 3.32. The number of thioether (sulfide) groups is 1. The highest BCUT2D eigenvalue weighted by Gasteiger charge is 2.22. The normalized spacial score (nSPS) is 20.2. The zero-order valence-corrected chi connectivity index (χ0v) is 11.2. The Balaban J connectivity index is 1.99. The Morgan fingerprint density at radius 1 is 1.53 bits per heavy atom. The minimum atomic E-state index is 0.169. The lowest BCUT2D eigenvalue weighted by atomic mass is 10.1. The molecule has 80 valence electrons. The third-order valence-corrected chi connectivity index (χ3v) is 4.23. The van der Waals surface area contributed by atoms with E-state index in [9.17, 15) is 4.79 Å². The van der Waals surface area contributed by atoms with E-state index in [0.717, 1.165) is 27.2 Å². The third-order valence-electron chi connectivity index (χ3n) is 2.39. The molecule has 0 bridgehead atoms. The summed E-state index contributed by atoms with van der Waals surface area (Å²) in [6, 6.07) is 7.89. The van der Waals surface area contributed by atoms with Gasteiger partial charge in [-0.3, -0.25) is 4.79 Å². The molecule has 1 aromatic rings. The maximum atomic E-state index is 11.8. The molecule has 0 aromatic heterocycles. The molecule has 0 aliphatic carbocycles. The molecule has 1 saturated heterocycles. The van der Waals surface area contributed by atoms with E-state index in [4.69, 9.17) is 0 Å². The van der Waals surface area contributed by atoms with Crippen molar-refractivity contribution in [2.45, 2.75) is 6.42 Å². The Morgan fingerprint density at radius 2 is 2.40 bits per heavy atom. The van der Waals surface area contributed by atoms with Gasteiger partial charge in [-0.05, 0) is 53.0 Å². The lowest BCUT2D eigenvalue weighted by Crippen LogP contribution is -2.22. The summed E-state index contributed by atoms with van der Waals surface area (Å²) in [7, 11) is 0. The first kappa shape index (κ1) is 11.3. The summed E-state index contributed by atoms with van der Waals surface area (Å²) in [5.41, 5.74) is 0.906. The van der Waals surface area contributed by atoms with Crippen molar-refractivity contribution in [2.75, 3.05) is 16.8 Å². The molecule has 1 fully saturated rings. The van der Waals surface area contributed by atoms with E-state index >= 15 is 0 Å². The van der Waals surface area contributed by atoms with Gasteiger partial charge in [-0.2, -0.15) is 11.8 Å². The predicted molar refractivity (Wildman–Crippen MR) is 73.2 cm³/mol. The van der Waals surface area contributed by atoms with E-state index in [1.165, 1.54) is 0 Å². The number of halogens is 1. The summed E-state index contributed by atoms with van der Waals surface area (Å²) in [4.78, 5) is 11.8. The van der Waals surface area contributed by atoms with Crippen molar-refractivity contribution in [3.05, 3.63) is 27.8 Å². The summed E-state index contributed by atoms with van der Waals surface area (Å²) >= 11 is 4.11. The summed E-state index contributed by atoms with van der Waals surface area (Å²) in [6.07, 6.45) is 1.01. The number of anilines is 1. The van der Waals surface area contributed by atoms with Crippen LogP contribution in [0.15, 0.2) is 24.3 Å². The van der Waals surface area contributed by atoms with Crippen molar-refractivity contribution < 1.29 is 4.79 Å². The van der Waals surface area contributed by atoms with Crippen LogP contribution in [0, 0.1) is 9.49 Å². The molecule has 1 atom stereocenters. The van der Waals surface area contributed by atoms with Crippen molar-refractivity contribution in [1.82, 2.24) is 0 Å². The van der Waals surface area contributed by atoms with Crippen molar-refractivity contribution in [3.8, 4) is 0 Å². The first-order valence-electron chi connectivity index (χ1n) is 4.90. The Bertz CT molecular complexity index is 363. The molecule has 1 N–H and O–H groups in total. The van der Waals surface area contributed by atoms with Crippen LogP contribution in [0.4, 0.5) is 5.69 Å². The van der Waals surface area contributed by atoms with Crippen LogP contribution in [-0.4, -0.2) is 17.4 Å². The van der Waals surface area contributed by atoms with Gasteiger partial charge in [0.05, 0.1) is 0 Å². The average Bonchev–Trinajstić information content (AvgIpc) is 2.70. The van der Waals surface area contributed by atoms with E-state index in [1.807, 2.05) is 36.0 Å². The lowest BCUT2D eigenvalue weighted by molar-refractivity contribution is -0.119. The molecule has 1 aromatic carbocycles. The number of nitrogens with one attached hydrogen (secondary N) is 1. The molecule has 15 heavy (non-hydrogen) atoms. The largest absolute Gasteiger partial charge is 0.326 e. The van der Waals surface area contributed by atoms with Gasteiger partial charge in [-0.25, -0.2) is 0 Å². The van der Waals surface area contributed by atoms with Crippen LogP contribution in [-0.2, 0) is 4.79 Å². The predicted octanol–water partition coefficient (Wildman–Crippen LogP) is 2.98. The highest BCUT2D eigenvalue weighted by atomic mass is 127. The Hall–Kier alpha value is -0.230. The second-order valence-electron chi connectivity index (χ2n) is 3.56. The van der Waals surface area contributed by atoms with Gasteiger partial charge in [0.1, 0.15) is 0 Å². The smallest absolute Gasteiger partial charge is 0.228 e. The molecule has 4 heteroatoms. The maximum absolute atomic E-state index is 11.8. The van der Waals surface area contributed by atoms with Crippen LogP contribution in [0.3, 0.4) is 0 Å². The maximum Gasteiger partial charge on any atom is 0.228 e. The third kappa shape index (κ3) is 3.11. The number of hydrogen-bond acceptors (Lipinski definition) is 2. The van der Waals surface area contributed by atoms with Gasteiger partial charge < -0.3 is 5.32 Å². The second kappa shape index (κ2) is 5.21. The highest BCUT2D eigenvalue weighted by molar-refractivity contribution is 14.1. The van der Waals surface area contributed by atoms with Gasteiger partial charge in [0.15, 0.2) is 0 Å². The summed E-state index contributed by atoms with van der Waals surface area (Å²) < 4.78 is 1.14. The van der Waals surface area contributed by atoms with Crippen molar-refractivity contribution in [1.29, 1.82) is 0 Å². The van der Waals surface area contributed by atoms with Crippen molar-refractivity contribution in [3.63, 3.8) is 0 Å². The quantitative estimate of drug-likeness (QED) is 0.843. The highest BCUT2D eigenvalue weighted by Crippen LogP contribution is 2.24. The van der Waals surface area contributed by atoms with Crippen LogP contribution in [0.1, 0.15) is 6.42 Å². The van der Waals surface area contributed by atoms with E-state index < -0.39 is 0 Å². The van der Waals surface area contributed by atoms with E-state index in [1.54, 1.807) is 0 Å². The molecule has 0 saturated carbocycles. The standard InChI is InChI=1S/C11H12INOS/c12-9-2-1-3-10(6-9)13-11(14)8-4-5-15-7-8/h1-3,6,8H,4-5,7H2,(H,13,14). The van der Waals surface area contributed by atoms with E-state index in [0.29, 0.717) is 0 Å². The SMILES string of the molecule is O=C(Nc1cccc(I)c1)C1CCSC1. The van der Waals surface area contributed by atoms with E-state index in [2.05, 4.69) is 27.9 Å². The monoisotopic (exact) mass is 333 g/mol. The molecule has 1 amide bonds. The summed E-state index contributed by atoms with van der Waals surface area (Å²) in [5, 5.41) is 2.97. The van der Waals surface area contributed by atoms with Gasteiger partial charge in [0.25, 0.3) is 0 Å². The topological polar surface area (TPSA) is 29.1 Å². The van der Waals surface area contributed by atoms with Crippen molar-refractivity contribution >= 4 is 45.9 Å². The molecule has 2 nitrogen and oxygen atoms in total. The van der Waals surface area contributed by atoms with Crippen molar-refractivity contribution in [2.24, 2.45) is 5.92 Å². The van der Waals surface area contributed by atoms with Gasteiger partial charge in [-0.15, -0.1) is 0 Å². The Labute approximate surface area is 107 Å². The number of amides is 1. The first-order chi connectivity index (χ1) is 7.25. The van der Waals surface area contributed by atoms with Crippen LogP contribution >= 0.6 is 34.4 Å².